The van der Waals surface area contributed by atoms with Crippen molar-refractivity contribution in [2.45, 2.75) is 12.8 Å². The molecule has 2 fully saturated rings. The SMILES string of the molecule is CN(CC1CC1)C(=O)CN1CCN(c2nc3ccccc3s2)CC1. The van der Waals surface area contributed by atoms with Crippen LogP contribution in [0, 0.1) is 5.92 Å². The zero-order valence-corrected chi connectivity index (χ0v) is 15.0. The molecule has 1 aromatic heterocycles. The van der Waals surface area contributed by atoms with Crippen molar-refractivity contribution in [3.63, 3.8) is 0 Å². The zero-order valence-electron chi connectivity index (χ0n) is 14.1. The van der Waals surface area contributed by atoms with Gasteiger partial charge in [0.2, 0.25) is 5.91 Å². The van der Waals surface area contributed by atoms with Gasteiger partial charge in [-0.25, -0.2) is 4.98 Å². The second kappa shape index (κ2) is 6.69. The quantitative estimate of drug-likeness (QED) is 0.834. The summed E-state index contributed by atoms with van der Waals surface area (Å²) in [6.45, 7) is 5.23. The van der Waals surface area contributed by atoms with Gasteiger partial charge in [-0.2, -0.15) is 0 Å². The van der Waals surface area contributed by atoms with Crippen LogP contribution in [-0.2, 0) is 4.79 Å². The summed E-state index contributed by atoms with van der Waals surface area (Å²) in [6, 6.07) is 8.29. The topological polar surface area (TPSA) is 39.7 Å². The normalized spacial score (nSPS) is 19.0. The third kappa shape index (κ3) is 3.54. The number of aromatic nitrogens is 1. The Balaban J connectivity index is 1.30. The Morgan fingerprint density at radius 2 is 2.00 bits per heavy atom. The van der Waals surface area contributed by atoms with Crippen molar-refractivity contribution >= 4 is 32.6 Å². The van der Waals surface area contributed by atoms with Crippen LogP contribution in [0.25, 0.3) is 10.2 Å². The van der Waals surface area contributed by atoms with Crippen molar-refractivity contribution in [2.24, 2.45) is 5.92 Å². The highest BCUT2D eigenvalue weighted by Crippen LogP contribution is 2.30. The van der Waals surface area contributed by atoms with Gasteiger partial charge < -0.3 is 9.80 Å². The van der Waals surface area contributed by atoms with Gasteiger partial charge in [0.05, 0.1) is 16.8 Å². The molecule has 1 aromatic carbocycles. The van der Waals surface area contributed by atoms with Gasteiger partial charge in [-0.15, -0.1) is 0 Å². The molecule has 2 heterocycles. The maximum Gasteiger partial charge on any atom is 0.236 e. The number of hydrogen-bond donors (Lipinski definition) is 0. The first-order valence-electron chi connectivity index (χ1n) is 8.76. The minimum atomic E-state index is 0.260. The second-order valence-electron chi connectivity index (χ2n) is 6.94. The zero-order chi connectivity index (χ0) is 16.5. The number of hydrogen-bond acceptors (Lipinski definition) is 5. The summed E-state index contributed by atoms with van der Waals surface area (Å²) >= 11 is 1.76. The molecule has 1 saturated carbocycles. The minimum Gasteiger partial charge on any atom is -0.345 e. The van der Waals surface area contributed by atoms with E-state index >= 15 is 0 Å². The highest BCUT2D eigenvalue weighted by atomic mass is 32.1. The van der Waals surface area contributed by atoms with Crippen molar-refractivity contribution < 1.29 is 4.79 Å². The number of thiazole rings is 1. The monoisotopic (exact) mass is 344 g/mol. The average Bonchev–Trinajstić information content (AvgIpc) is 3.30. The fraction of sp³-hybridized carbons (Fsp3) is 0.556. The number of fused-ring (bicyclic) bond motifs is 1. The van der Waals surface area contributed by atoms with Crippen molar-refractivity contribution in [3.8, 4) is 0 Å². The molecule has 4 rings (SSSR count). The van der Waals surface area contributed by atoms with Gasteiger partial charge in [-0.3, -0.25) is 9.69 Å². The number of carbonyl (C=O) groups is 1. The van der Waals surface area contributed by atoms with E-state index in [1.807, 2.05) is 18.0 Å². The Bertz CT molecular complexity index is 686. The molecule has 0 unspecified atom stereocenters. The van der Waals surface area contributed by atoms with Crippen LogP contribution in [0.1, 0.15) is 12.8 Å². The summed E-state index contributed by atoms with van der Waals surface area (Å²) in [5, 5.41) is 1.10. The number of piperazine rings is 1. The Hall–Kier alpha value is -1.66. The number of amides is 1. The number of likely N-dealkylation sites (N-methyl/N-ethyl adjacent to an activating group) is 1. The standard InChI is InChI=1S/C18H24N4OS/c1-20(12-14-6-7-14)17(23)13-21-8-10-22(11-9-21)18-19-15-4-2-3-5-16(15)24-18/h2-5,14H,6-13H2,1H3. The lowest BCUT2D eigenvalue weighted by molar-refractivity contribution is -0.131. The number of carbonyl (C=O) groups excluding carboxylic acids is 1. The predicted molar refractivity (Wildman–Crippen MR) is 98.6 cm³/mol. The van der Waals surface area contributed by atoms with E-state index in [1.54, 1.807) is 11.3 Å². The number of rotatable bonds is 5. The summed E-state index contributed by atoms with van der Waals surface area (Å²) in [5.74, 6) is 1.02. The van der Waals surface area contributed by atoms with Gasteiger partial charge in [0.15, 0.2) is 5.13 Å². The van der Waals surface area contributed by atoms with E-state index in [0.29, 0.717) is 6.54 Å². The molecule has 1 aliphatic heterocycles. The van der Waals surface area contributed by atoms with E-state index in [2.05, 4.69) is 28.0 Å². The molecule has 2 aliphatic rings. The minimum absolute atomic E-state index is 0.260. The number of para-hydroxylation sites is 1. The molecule has 1 amide bonds. The lowest BCUT2D eigenvalue weighted by Crippen LogP contribution is -2.49. The molecule has 5 nitrogen and oxygen atoms in total. The van der Waals surface area contributed by atoms with Gasteiger partial charge >= 0.3 is 0 Å². The Morgan fingerprint density at radius 1 is 1.25 bits per heavy atom. The first-order chi connectivity index (χ1) is 11.7. The van der Waals surface area contributed by atoms with Crippen LogP contribution in [0.15, 0.2) is 24.3 Å². The van der Waals surface area contributed by atoms with Crippen molar-refractivity contribution in [2.75, 3.05) is 51.2 Å². The highest BCUT2D eigenvalue weighted by Gasteiger charge is 2.26. The fourth-order valence-corrected chi connectivity index (χ4v) is 4.21. The molecule has 2 aromatic rings. The van der Waals surface area contributed by atoms with E-state index in [4.69, 9.17) is 4.98 Å². The largest absolute Gasteiger partial charge is 0.345 e. The molecule has 0 N–H and O–H groups in total. The molecule has 1 saturated heterocycles. The summed E-state index contributed by atoms with van der Waals surface area (Å²) in [4.78, 5) is 23.6. The van der Waals surface area contributed by atoms with Gasteiger partial charge in [0, 0.05) is 39.8 Å². The van der Waals surface area contributed by atoms with E-state index in [9.17, 15) is 4.79 Å². The van der Waals surface area contributed by atoms with Crippen LogP contribution in [0.4, 0.5) is 5.13 Å². The Morgan fingerprint density at radius 3 is 2.71 bits per heavy atom. The van der Waals surface area contributed by atoms with Crippen LogP contribution in [0.2, 0.25) is 0 Å². The highest BCUT2D eigenvalue weighted by molar-refractivity contribution is 7.22. The van der Waals surface area contributed by atoms with Gasteiger partial charge in [-0.05, 0) is 30.9 Å². The van der Waals surface area contributed by atoms with Crippen molar-refractivity contribution in [1.82, 2.24) is 14.8 Å². The molecule has 0 atom stereocenters. The first-order valence-corrected chi connectivity index (χ1v) is 9.57. The maximum absolute atomic E-state index is 12.3. The number of benzene rings is 1. The van der Waals surface area contributed by atoms with Crippen LogP contribution in [-0.4, -0.2) is 67.0 Å². The summed E-state index contributed by atoms with van der Waals surface area (Å²) in [7, 11) is 1.94. The summed E-state index contributed by atoms with van der Waals surface area (Å²) < 4.78 is 1.24. The summed E-state index contributed by atoms with van der Waals surface area (Å²) in [6.07, 6.45) is 2.58. The molecule has 0 bridgehead atoms. The predicted octanol–water partition coefficient (Wildman–Crippen LogP) is 2.29. The summed E-state index contributed by atoms with van der Waals surface area (Å²) in [5.41, 5.74) is 1.08. The average molecular weight is 344 g/mol. The van der Waals surface area contributed by atoms with E-state index in [0.717, 1.165) is 49.3 Å². The van der Waals surface area contributed by atoms with Crippen LogP contribution >= 0.6 is 11.3 Å². The van der Waals surface area contributed by atoms with Crippen LogP contribution in [0.5, 0.6) is 0 Å². The third-order valence-electron chi connectivity index (χ3n) is 4.94. The molecular formula is C18H24N4OS. The van der Waals surface area contributed by atoms with Crippen LogP contribution < -0.4 is 4.90 Å². The van der Waals surface area contributed by atoms with Crippen molar-refractivity contribution in [1.29, 1.82) is 0 Å². The van der Waals surface area contributed by atoms with Crippen LogP contribution in [0.3, 0.4) is 0 Å². The third-order valence-corrected chi connectivity index (χ3v) is 6.04. The smallest absolute Gasteiger partial charge is 0.236 e. The molecular weight excluding hydrogens is 320 g/mol. The van der Waals surface area contributed by atoms with Crippen molar-refractivity contribution in [3.05, 3.63) is 24.3 Å². The Kier molecular flexibility index (Phi) is 4.41. The van der Waals surface area contributed by atoms with Gasteiger partial charge in [0.25, 0.3) is 0 Å². The number of nitrogens with zero attached hydrogens (tertiary/aromatic N) is 4. The van der Waals surface area contributed by atoms with Gasteiger partial charge in [0.1, 0.15) is 0 Å². The van der Waals surface area contributed by atoms with E-state index < -0.39 is 0 Å². The van der Waals surface area contributed by atoms with Gasteiger partial charge in [-0.1, -0.05) is 23.5 Å². The maximum atomic E-state index is 12.3. The lowest BCUT2D eigenvalue weighted by atomic mass is 10.3. The van der Waals surface area contributed by atoms with E-state index in [-0.39, 0.29) is 5.91 Å². The molecule has 0 spiro atoms. The molecule has 24 heavy (non-hydrogen) atoms. The molecule has 128 valence electrons. The second-order valence-corrected chi connectivity index (χ2v) is 7.95. The molecule has 6 heteroatoms. The molecule has 0 radical (unpaired) electrons. The first kappa shape index (κ1) is 15.8. The Labute approximate surface area is 146 Å². The lowest BCUT2D eigenvalue weighted by Gasteiger charge is -2.34. The number of anilines is 1. The fourth-order valence-electron chi connectivity index (χ4n) is 3.19. The molecule has 1 aliphatic carbocycles. The van der Waals surface area contributed by atoms with E-state index in [1.165, 1.54) is 17.5 Å².